The second-order valence-corrected chi connectivity index (χ2v) is 6.37. The number of hydrogen-bond donors (Lipinski definition) is 1. The molecule has 0 aliphatic rings. The fraction of sp³-hybridized carbons (Fsp3) is 0.909. The average Bonchev–Trinajstić information content (AvgIpc) is 2.23. The maximum atomic E-state index is 11.7. The molecule has 0 saturated heterocycles. The molecule has 0 rings (SSSR count). The van der Waals surface area contributed by atoms with Crippen molar-refractivity contribution in [1.29, 1.82) is 0 Å². The highest BCUT2D eigenvalue weighted by Crippen LogP contribution is 2.08. The summed E-state index contributed by atoms with van der Waals surface area (Å²) in [6, 6.07) is -0.776. The summed E-state index contributed by atoms with van der Waals surface area (Å²) >= 11 is 0. The van der Waals surface area contributed by atoms with Gasteiger partial charge >= 0.3 is 5.97 Å². The fourth-order valence-electron chi connectivity index (χ4n) is 1.42. The maximum Gasteiger partial charge on any atom is 0.323 e. The first kappa shape index (κ1) is 16.4. The molecule has 0 saturated carbocycles. The first-order valence-electron chi connectivity index (χ1n) is 5.90. The second-order valence-electron chi connectivity index (χ2n) is 4.50. The summed E-state index contributed by atoms with van der Waals surface area (Å²) in [5, 5.41) is 0. The Bertz CT molecular complexity index is 324. The monoisotopic (exact) mass is 265 g/mol. The fourth-order valence-corrected chi connectivity index (χ4v) is 2.83. The van der Waals surface area contributed by atoms with E-state index in [9.17, 15) is 13.2 Å². The van der Waals surface area contributed by atoms with Crippen molar-refractivity contribution < 1.29 is 17.9 Å². The third-order valence-electron chi connectivity index (χ3n) is 2.28. The molecule has 0 aromatic rings. The smallest absolute Gasteiger partial charge is 0.323 e. The Labute approximate surface area is 104 Å². The molecule has 5 nitrogen and oxygen atoms in total. The molecule has 0 aromatic heterocycles. The molecule has 1 atom stereocenters. The van der Waals surface area contributed by atoms with E-state index >= 15 is 0 Å². The Morgan fingerprint density at radius 1 is 1.35 bits per heavy atom. The standard InChI is InChI=1S/C11H23NO4S/c1-5-6-7-17(14,15)12-10(8-9(2)3)11(13)16-4/h9-10,12H,5-8H2,1-4H3. The molecule has 6 heteroatoms. The zero-order valence-electron chi connectivity index (χ0n) is 11.0. The van der Waals surface area contributed by atoms with Gasteiger partial charge in [-0.05, 0) is 18.8 Å². The lowest BCUT2D eigenvalue weighted by Crippen LogP contribution is -2.43. The van der Waals surface area contributed by atoms with Crippen LogP contribution in [0.1, 0.15) is 40.0 Å². The van der Waals surface area contributed by atoms with Gasteiger partial charge in [-0.1, -0.05) is 27.2 Å². The Kier molecular flexibility index (Phi) is 7.38. The van der Waals surface area contributed by atoms with Gasteiger partial charge in [0.15, 0.2) is 0 Å². The van der Waals surface area contributed by atoms with Gasteiger partial charge in [-0.2, -0.15) is 0 Å². The molecule has 0 aliphatic carbocycles. The Hall–Kier alpha value is -0.620. The molecule has 102 valence electrons. The van der Waals surface area contributed by atoms with Crippen molar-refractivity contribution in [3.05, 3.63) is 0 Å². The summed E-state index contributed by atoms with van der Waals surface area (Å²) < 4.78 is 30.4. The summed E-state index contributed by atoms with van der Waals surface area (Å²) in [5.74, 6) is -0.263. The van der Waals surface area contributed by atoms with Gasteiger partial charge < -0.3 is 4.74 Å². The van der Waals surface area contributed by atoms with Gasteiger partial charge in [0, 0.05) is 0 Å². The number of unbranched alkanes of at least 4 members (excludes halogenated alkanes) is 1. The van der Waals surface area contributed by atoms with Gasteiger partial charge in [0.05, 0.1) is 12.9 Å². The van der Waals surface area contributed by atoms with E-state index in [4.69, 9.17) is 0 Å². The largest absolute Gasteiger partial charge is 0.468 e. The SMILES string of the molecule is CCCCS(=O)(=O)NC(CC(C)C)C(=O)OC. The van der Waals surface area contributed by atoms with E-state index in [0.29, 0.717) is 12.8 Å². The van der Waals surface area contributed by atoms with Gasteiger partial charge in [-0.15, -0.1) is 0 Å². The summed E-state index contributed by atoms with van der Waals surface area (Å²) in [6.07, 6.45) is 1.83. The average molecular weight is 265 g/mol. The lowest BCUT2D eigenvalue weighted by Gasteiger charge is -2.18. The van der Waals surface area contributed by atoms with Crippen molar-refractivity contribution in [2.75, 3.05) is 12.9 Å². The number of esters is 1. The highest BCUT2D eigenvalue weighted by molar-refractivity contribution is 7.89. The molecule has 0 heterocycles. The van der Waals surface area contributed by atoms with Crippen LogP contribution in [0, 0.1) is 5.92 Å². The molecular formula is C11H23NO4S. The van der Waals surface area contributed by atoms with Gasteiger partial charge in [-0.25, -0.2) is 13.1 Å². The molecule has 0 bridgehead atoms. The highest BCUT2D eigenvalue weighted by Gasteiger charge is 2.25. The maximum absolute atomic E-state index is 11.7. The van der Waals surface area contributed by atoms with Crippen molar-refractivity contribution in [3.8, 4) is 0 Å². The van der Waals surface area contributed by atoms with E-state index < -0.39 is 22.0 Å². The number of sulfonamides is 1. The van der Waals surface area contributed by atoms with E-state index in [-0.39, 0.29) is 11.7 Å². The number of carbonyl (C=O) groups excluding carboxylic acids is 1. The molecule has 1 unspecified atom stereocenters. The van der Waals surface area contributed by atoms with Gasteiger partial charge in [0.2, 0.25) is 10.0 Å². The molecule has 0 amide bonds. The van der Waals surface area contributed by atoms with Gasteiger partial charge in [0.1, 0.15) is 6.04 Å². The number of carbonyl (C=O) groups is 1. The third-order valence-corrected chi connectivity index (χ3v) is 3.75. The van der Waals surface area contributed by atoms with Crippen molar-refractivity contribution in [1.82, 2.24) is 4.72 Å². The first-order valence-corrected chi connectivity index (χ1v) is 7.55. The lowest BCUT2D eigenvalue weighted by molar-refractivity contribution is -0.143. The summed E-state index contributed by atoms with van der Waals surface area (Å²) in [5.41, 5.74) is 0. The minimum Gasteiger partial charge on any atom is -0.468 e. The number of ether oxygens (including phenoxy) is 1. The molecule has 0 aromatic carbocycles. The lowest BCUT2D eigenvalue weighted by atomic mass is 10.1. The van der Waals surface area contributed by atoms with Crippen LogP contribution < -0.4 is 4.72 Å². The molecule has 0 radical (unpaired) electrons. The molecular weight excluding hydrogens is 242 g/mol. The van der Waals surface area contributed by atoms with Crippen LogP contribution in [-0.4, -0.2) is 33.3 Å². The van der Waals surface area contributed by atoms with Crippen LogP contribution in [-0.2, 0) is 19.6 Å². The van der Waals surface area contributed by atoms with Crippen LogP contribution in [0.15, 0.2) is 0 Å². The van der Waals surface area contributed by atoms with Crippen molar-refractivity contribution in [2.24, 2.45) is 5.92 Å². The highest BCUT2D eigenvalue weighted by atomic mass is 32.2. The summed E-state index contributed by atoms with van der Waals surface area (Å²) in [6.45, 7) is 5.77. The number of nitrogens with one attached hydrogen (secondary N) is 1. The number of rotatable bonds is 8. The van der Waals surface area contributed by atoms with E-state index in [1.165, 1.54) is 7.11 Å². The quantitative estimate of drug-likeness (QED) is 0.671. The van der Waals surface area contributed by atoms with E-state index in [2.05, 4.69) is 9.46 Å². The van der Waals surface area contributed by atoms with E-state index in [1.807, 2.05) is 20.8 Å². The van der Waals surface area contributed by atoms with Gasteiger partial charge in [0.25, 0.3) is 0 Å². The van der Waals surface area contributed by atoms with Crippen LogP contribution in [0.5, 0.6) is 0 Å². The van der Waals surface area contributed by atoms with Crippen LogP contribution in [0.25, 0.3) is 0 Å². The second kappa shape index (κ2) is 7.66. The Balaban J connectivity index is 4.57. The normalized spacial score (nSPS) is 13.7. The first-order chi connectivity index (χ1) is 7.82. The zero-order chi connectivity index (χ0) is 13.5. The molecule has 0 aliphatic heterocycles. The van der Waals surface area contributed by atoms with Crippen molar-refractivity contribution >= 4 is 16.0 Å². The van der Waals surface area contributed by atoms with Gasteiger partial charge in [-0.3, -0.25) is 4.79 Å². The molecule has 0 spiro atoms. The minimum atomic E-state index is -3.39. The molecule has 0 fully saturated rings. The van der Waals surface area contributed by atoms with Crippen molar-refractivity contribution in [2.45, 2.75) is 46.1 Å². The van der Waals surface area contributed by atoms with E-state index in [1.54, 1.807) is 0 Å². The zero-order valence-corrected chi connectivity index (χ0v) is 11.8. The Morgan fingerprint density at radius 2 is 1.94 bits per heavy atom. The number of hydrogen-bond acceptors (Lipinski definition) is 4. The topological polar surface area (TPSA) is 72.5 Å². The predicted molar refractivity (Wildman–Crippen MR) is 67.1 cm³/mol. The summed E-state index contributed by atoms with van der Waals surface area (Å²) in [4.78, 5) is 11.4. The van der Waals surface area contributed by atoms with Crippen LogP contribution in [0.4, 0.5) is 0 Å². The Morgan fingerprint density at radius 3 is 2.35 bits per heavy atom. The van der Waals surface area contributed by atoms with Crippen LogP contribution in [0.3, 0.4) is 0 Å². The predicted octanol–water partition coefficient (Wildman–Crippen LogP) is 1.29. The van der Waals surface area contributed by atoms with Crippen molar-refractivity contribution in [3.63, 3.8) is 0 Å². The molecule has 1 N–H and O–H groups in total. The molecule has 17 heavy (non-hydrogen) atoms. The third kappa shape index (κ3) is 7.33. The van der Waals surface area contributed by atoms with Crippen LogP contribution in [0.2, 0.25) is 0 Å². The number of methoxy groups -OCH3 is 1. The van der Waals surface area contributed by atoms with E-state index in [0.717, 1.165) is 6.42 Å². The van der Waals surface area contributed by atoms with Crippen LogP contribution >= 0.6 is 0 Å². The summed E-state index contributed by atoms with van der Waals surface area (Å²) in [7, 11) is -2.13. The minimum absolute atomic E-state index is 0.0507.